The number of Topliss-reactive ketones (excluding diaryl/α,β-unsaturated/α-hetero) is 1. The van der Waals surface area contributed by atoms with Crippen molar-refractivity contribution in [2.75, 3.05) is 0 Å². The molecular formula is C23H15F5NOP. The largest absolute Gasteiger partial charge is 0.461 e. The molecule has 0 saturated heterocycles. The van der Waals surface area contributed by atoms with Crippen LogP contribution in [0.15, 0.2) is 91.0 Å². The van der Waals surface area contributed by atoms with E-state index < -0.39 is 30.1 Å². The lowest BCUT2D eigenvalue weighted by atomic mass is 10.1. The van der Waals surface area contributed by atoms with Gasteiger partial charge in [-0.1, -0.05) is 91.0 Å². The monoisotopic (exact) mass is 447 g/mol. The van der Waals surface area contributed by atoms with Gasteiger partial charge in [-0.05, 0) is 22.8 Å². The molecule has 0 aromatic heterocycles. The lowest BCUT2D eigenvalue weighted by Gasteiger charge is -2.31. The van der Waals surface area contributed by atoms with E-state index in [1.54, 1.807) is 54.6 Å². The van der Waals surface area contributed by atoms with Gasteiger partial charge in [0.2, 0.25) is 0 Å². The number of benzene rings is 3. The fraction of sp³-hybridized carbons (Fsp3) is 0.0870. The summed E-state index contributed by atoms with van der Waals surface area (Å²) >= 11 is 0. The van der Waals surface area contributed by atoms with Crippen molar-refractivity contribution in [2.24, 2.45) is 0 Å². The molecule has 0 N–H and O–H groups in total. The van der Waals surface area contributed by atoms with Crippen molar-refractivity contribution < 1.29 is 26.7 Å². The van der Waals surface area contributed by atoms with E-state index in [9.17, 15) is 32.0 Å². The molecule has 0 aliphatic heterocycles. The van der Waals surface area contributed by atoms with Crippen LogP contribution >= 0.6 is 6.89 Å². The van der Waals surface area contributed by atoms with Crippen molar-refractivity contribution in [3.8, 4) is 6.07 Å². The Balaban J connectivity index is 2.60. The number of hydrogen-bond acceptors (Lipinski definition) is 2. The number of hydrogen-bond donors (Lipinski definition) is 0. The first-order valence-corrected chi connectivity index (χ1v) is 10.8. The molecule has 0 heterocycles. The third kappa shape index (κ3) is 3.80. The number of rotatable bonds is 5. The average Bonchev–Trinajstić information content (AvgIpc) is 2.78. The van der Waals surface area contributed by atoms with Crippen LogP contribution in [-0.2, 0) is 4.79 Å². The summed E-state index contributed by atoms with van der Waals surface area (Å²) in [5, 5.41) is 9.70. The van der Waals surface area contributed by atoms with Gasteiger partial charge in [-0.3, -0.25) is 4.79 Å². The van der Waals surface area contributed by atoms with Crippen LogP contribution in [0.4, 0.5) is 22.0 Å². The van der Waals surface area contributed by atoms with Crippen molar-refractivity contribution >= 4 is 33.9 Å². The van der Waals surface area contributed by atoms with E-state index in [0.717, 1.165) is 0 Å². The van der Waals surface area contributed by atoms with Crippen molar-refractivity contribution in [1.82, 2.24) is 0 Å². The van der Waals surface area contributed by atoms with Gasteiger partial charge in [0.05, 0.1) is 0 Å². The smallest absolute Gasteiger partial charge is 0.286 e. The number of carbonyl (C=O) groups excluding carboxylic acids is 1. The molecule has 3 rings (SSSR count). The van der Waals surface area contributed by atoms with E-state index in [2.05, 4.69) is 0 Å². The molecule has 0 amide bonds. The lowest BCUT2D eigenvalue weighted by Crippen LogP contribution is -2.49. The number of carbonyl (C=O) groups is 1. The Morgan fingerprint density at radius 3 is 1.26 bits per heavy atom. The van der Waals surface area contributed by atoms with Gasteiger partial charge in [0.1, 0.15) is 11.4 Å². The van der Waals surface area contributed by atoms with Crippen molar-refractivity contribution in [3.05, 3.63) is 91.0 Å². The second-order valence-corrected chi connectivity index (χ2v) is 9.88. The topological polar surface area (TPSA) is 40.9 Å². The minimum Gasteiger partial charge on any atom is -0.286 e. The molecule has 3 aromatic rings. The Morgan fingerprint density at radius 2 is 1.00 bits per heavy atom. The van der Waals surface area contributed by atoms with Crippen molar-refractivity contribution in [1.29, 1.82) is 5.26 Å². The molecule has 8 heteroatoms. The highest BCUT2D eigenvalue weighted by atomic mass is 31.2. The number of nitriles is 1. The van der Waals surface area contributed by atoms with E-state index in [1.165, 1.54) is 42.5 Å². The van der Waals surface area contributed by atoms with Gasteiger partial charge in [-0.2, -0.15) is 27.2 Å². The Morgan fingerprint density at radius 1 is 0.677 bits per heavy atom. The van der Waals surface area contributed by atoms with E-state index in [-0.39, 0.29) is 0 Å². The normalized spacial score (nSPS) is 12.1. The van der Waals surface area contributed by atoms with Gasteiger partial charge in [0, 0.05) is 0 Å². The Labute approximate surface area is 175 Å². The predicted octanol–water partition coefficient (Wildman–Crippen LogP) is 4.44. The number of nitrogens with zero attached hydrogens (tertiary/aromatic N) is 1. The molecule has 0 aliphatic rings. The molecule has 3 aromatic carbocycles. The average molecular weight is 447 g/mol. The van der Waals surface area contributed by atoms with Crippen LogP contribution in [0.3, 0.4) is 0 Å². The highest BCUT2D eigenvalue weighted by Crippen LogP contribution is 2.48. The zero-order valence-corrected chi connectivity index (χ0v) is 16.7. The maximum atomic E-state index is 14.2. The maximum Gasteiger partial charge on any atom is 0.461 e. The van der Waals surface area contributed by atoms with Gasteiger partial charge in [0.15, 0.2) is 0 Å². The Kier molecular flexibility index (Phi) is 6.15. The summed E-state index contributed by atoms with van der Waals surface area (Å²) in [5.41, 5.74) is 0. The third-order valence-corrected chi connectivity index (χ3v) is 8.92. The SMILES string of the molecule is N#CC(C(=O)C(F)(F)C(F)(F)F)=P(c1ccccc1)(c1ccccc1)c1ccccc1. The zero-order valence-electron chi connectivity index (χ0n) is 15.9. The van der Waals surface area contributed by atoms with Crippen LogP contribution in [0.2, 0.25) is 0 Å². The molecule has 0 unspecified atom stereocenters. The molecule has 0 bridgehead atoms. The summed E-state index contributed by atoms with van der Waals surface area (Å²) < 4.78 is 67.7. The van der Waals surface area contributed by atoms with Crippen LogP contribution in [0.5, 0.6) is 0 Å². The first-order chi connectivity index (χ1) is 14.7. The van der Waals surface area contributed by atoms with Crippen LogP contribution < -0.4 is 15.9 Å². The van der Waals surface area contributed by atoms with Crippen LogP contribution in [-0.4, -0.2) is 23.2 Å². The van der Waals surface area contributed by atoms with Crippen molar-refractivity contribution in [2.45, 2.75) is 12.1 Å². The minimum absolute atomic E-state index is 0.315. The fourth-order valence-corrected chi connectivity index (χ4v) is 7.47. The van der Waals surface area contributed by atoms with E-state index in [1.807, 2.05) is 0 Å². The Hall–Kier alpha value is -3.23. The van der Waals surface area contributed by atoms with E-state index in [0.29, 0.717) is 15.9 Å². The molecule has 0 saturated carbocycles. The fourth-order valence-electron chi connectivity index (χ4n) is 3.34. The standard InChI is InChI=1S/C23H15F5NOP/c24-22(25,23(26,27)28)21(30)20(16-29)31(17-10-4-1-5-11-17,18-12-6-2-7-13-18)19-14-8-3-9-15-19/h1-15H. The third-order valence-electron chi connectivity index (χ3n) is 4.73. The molecule has 0 aliphatic carbocycles. The second kappa shape index (κ2) is 8.49. The summed E-state index contributed by atoms with van der Waals surface area (Å²) in [6.07, 6.45) is -6.13. The van der Waals surface area contributed by atoms with Crippen LogP contribution in [0.1, 0.15) is 0 Å². The maximum absolute atomic E-state index is 14.2. The number of halogens is 5. The summed E-state index contributed by atoms with van der Waals surface area (Å²) in [6, 6.07) is 25.1. The Bertz CT molecular complexity index is 1060. The molecule has 2 nitrogen and oxygen atoms in total. The summed E-state index contributed by atoms with van der Waals surface area (Å²) in [4.78, 5) is 12.7. The van der Waals surface area contributed by atoms with Gasteiger partial charge in [-0.25, -0.2) is 0 Å². The number of alkyl halides is 5. The first-order valence-electron chi connectivity index (χ1n) is 9.00. The molecular weight excluding hydrogens is 432 g/mol. The zero-order chi connectivity index (χ0) is 22.7. The molecule has 0 atom stereocenters. The molecule has 158 valence electrons. The van der Waals surface area contributed by atoms with Crippen molar-refractivity contribution in [3.63, 3.8) is 0 Å². The summed E-state index contributed by atoms with van der Waals surface area (Å²) in [5.74, 6) is -8.24. The highest BCUT2D eigenvalue weighted by molar-refractivity contribution is 7.97. The molecule has 0 fully saturated rings. The van der Waals surface area contributed by atoms with Gasteiger partial charge in [0.25, 0.3) is 5.78 Å². The van der Waals surface area contributed by atoms with E-state index >= 15 is 0 Å². The van der Waals surface area contributed by atoms with Crippen LogP contribution in [0.25, 0.3) is 0 Å². The lowest BCUT2D eigenvalue weighted by molar-refractivity contribution is -0.265. The van der Waals surface area contributed by atoms with Gasteiger partial charge >= 0.3 is 12.1 Å². The summed E-state index contributed by atoms with van der Waals surface area (Å²) in [7, 11) is 0. The first kappa shape index (κ1) is 22.5. The van der Waals surface area contributed by atoms with Crippen LogP contribution in [0, 0.1) is 11.3 Å². The number of ketones is 1. The second-order valence-electron chi connectivity index (χ2n) is 6.54. The van der Waals surface area contributed by atoms with Gasteiger partial charge < -0.3 is 0 Å². The van der Waals surface area contributed by atoms with Gasteiger partial charge in [-0.15, -0.1) is 0 Å². The molecule has 31 heavy (non-hydrogen) atoms. The highest BCUT2D eigenvalue weighted by Gasteiger charge is 2.64. The minimum atomic E-state index is -6.13. The molecule has 0 spiro atoms. The van der Waals surface area contributed by atoms with E-state index in [4.69, 9.17) is 0 Å². The quantitative estimate of drug-likeness (QED) is 0.429. The molecule has 0 radical (unpaired) electrons. The predicted molar refractivity (Wildman–Crippen MR) is 112 cm³/mol. The summed E-state index contributed by atoms with van der Waals surface area (Å²) in [6.45, 7) is -3.66.